The van der Waals surface area contributed by atoms with Crippen molar-refractivity contribution in [3.05, 3.63) is 23.8 Å². The Morgan fingerprint density at radius 3 is 2.78 bits per heavy atom. The number of ether oxygens (including phenoxy) is 1. The molecule has 23 heavy (non-hydrogen) atoms. The van der Waals surface area contributed by atoms with Crippen LogP contribution in [-0.4, -0.2) is 38.8 Å². The van der Waals surface area contributed by atoms with Gasteiger partial charge in [0.15, 0.2) is 11.3 Å². The zero-order valence-electron chi connectivity index (χ0n) is 13.9. The van der Waals surface area contributed by atoms with Crippen LogP contribution < -0.4 is 0 Å². The van der Waals surface area contributed by atoms with E-state index < -0.39 is 8.07 Å². The lowest BCUT2D eigenvalue weighted by Crippen LogP contribution is -2.22. The highest BCUT2D eigenvalue weighted by atomic mass is 28.3. The van der Waals surface area contributed by atoms with E-state index in [1.807, 2.05) is 15.9 Å². The van der Waals surface area contributed by atoms with Crippen molar-refractivity contribution in [2.45, 2.75) is 39.3 Å². The highest BCUT2D eigenvalue weighted by molar-refractivity contribution is 6.76. The van der Waals surface area contributed by atoms with Crippen molar-refractivity contribution < 1.29 is 4.74 Å². The molecule has 0 bridgehead atoms. The third-order valence-corrected chi connectivity index (χ3v) is 5.45. The molecule has 0 aromatic carbocycles. The van der Waals surface area contributed by atoms with Gasteiger partial charge < -0.3 is 9.30 Å². The first kappa shape index (κ1) is 15.6. The summed E-state index contributed by atoms with van der Waals surface area (Å²) >= 11 is 0. The molecule has 3 rings (SSSR count). The molecule has 0 aliphatic rings. The number of hydrogen-bond acceptors (Lipinski definition) is 5. The van der Waals surface area contributed by atoms with Crippen molar-refractivity contribution in [1.82, 2.24) is 24.1 Å². The summed E-state index contributed by atoms with van der Waals surface area (Å²) in [4.78, 5) is 4.44. The summed E-state index contributed by atoms with van der Waals surface area (Å²) < 4.78 is 9.53. The molecule has 0 saturated carbocycles. The van der Waals surface area contributed by atoms with Crippen molar-refractivity contribution in [3.8, 4) is 6.07 Å². The Bertz CT molecular complexity index is 899. The average molecular weight is 328 g/mol. The maximum atomic E-state index is 9.43. The van der Waals surface area contributed by atoms with Crippen LogP contribution in [0.25, 0.3) is 16.8 Å². The van der Waals surface area contributed by atoms with E-state index in [0.717, 1.165) is 24.0 Å². The third-order valence-electron chi connectivity index (χ3n) is 3.75. The second-order valence-electron chi connectivity index (χ2n) is 6.84. The molecule has 0 atom stereocenters. The molecule has 0 fully saturated rings. The first-order chi connectivity index (χ1) is 10.9. The number of aryl methyl sites for hydroxylation is 1. The average Bonchev–Trinajstić information content (AvgIpc) is 3.03. The molecule has 3 aromatic heterocycles. The first-order valence-corrected chi connectivity index (χ1v) is 11.3. The van der Waals surface area contributed by atoms with Gasteiger partial charge in [-0.05, 0) is 13.0 Å². The lowest BCUT2D eigenvalue weighted by atomic mass is 10.3. The monoisotopic (exact) mass is 328 g/mol. The Morgan fingerprint density at radius 2 is 2.09 bits per heavy atom. The van der Waals surface area contributed by atoms with Gasteiger partial charge in [0.1, 0.15) is 24.1 Å². The van der Waals surface area contributed by atoms with Gasteiger partial charge in [-0.2, -0.15) is 5.26 Å². The molecular weight excluding hydrogens is 308 g/mol. The van der Waals surface area contributed by atoms with Crippen molar-refractivity contribution in [3.63, 3.8) is 0 Å². The van der Waals surface area contributed by atoms with Crippen LogP contribution in [0.4, 0.5) is 0 Å². The number of nitriles is 1. The molecule has 3 heterocycles. The predicted octanol–water partition coefficient (Wildman–Crippen LogP) is 2.57. The van der Waals surface area contributed by atoms with Crippen molar-refractivity contribution in [1.29, 1.82) is 5.26 Å². The number of aromatic nitrogens is 5. The summed E-state index contributed by atoms with van der Waals surface area (Å²) in [6.07, 6.45) is 3.45. The second-order valence-corrected chi connectivity index (χ2v) is 12.5. The number of rotatable bonds is 5. The van der Waals surface area contributed by atoms with Crippen LogP contribution in [0.3, 0.4) is 0 Å². The van der Waals surface area contributed by atoms with Gasteiger partial charge in [0.2, 0.25) is 0 Å². The Balaban J connectivity index is 1.95. The predicted molar refractivity (Wildman–Crippen MR) is 89.8 cm³/mol. The summed E-state index contributed by atoms with van der Waals surface area (Å²) in [5.74, 6) is 0.737. The fourth-order valence-corrected chi connectivity index (χ4v) is 3.23. The molecule has 0 spiro atoms. The largest absolute Gasteiger partial charge is 0.361 e. The quantitative estimate of drug-likeness (QED) is 0.531. The van der Waals surface area contributed by atoms with Crippen LogP contribution in [0.15, 0.2) is 12.4 Å². The third kappa shape index (κ3) is 2.98. The SMILES string of the molecule is Cc1nnc2cnc3c(c(C#N)cn3COCC[Si](C)(C)C)n12. The zero-order valence-corrected chi connectivity index (χ0v) is 14.9. The van der Waals surface area contributed by atoms with E-state index >= 15 is 0 Å². The standard InChI is InChI=1S/C15H20N6OSi/c1-11-18-19-13-8-17-15-14(21(11)13)12(7-16)9-20(15)10-22-5-6-23(2,3)4/h8-9H,5-6,10H2,1-4H3. The van der Waals surface area contributed by atoms with Gasteiger partial charge in [0, 0.05) is 20.9 Å². The molecule has 120 valence electrons. The van der Waals surface area contributed by atoms with Gasteiger partial charge in [-0.3, -0.25) is 4.40 Å². The summed E-state index contributed by atoms with van der Waals surface area (Å²) in [6.45, 7) is 9.95. The molecule has 0 radical (unpaired) electrons. The van der Waals surface area contributed by atoms with Crippen LogP contribution in [0.2, 0.25) is 25.7 Å². The van der Waals surface area contributed by atoms with Gasteiger partial charge in [0.25, 0.3) is 0 Å². The maximum absolute atomic E-state index is 9.43. The molecule has 0 N–H and O–H groups in total. The van der Waals surface area contributed by atoms with Gasteiger partial charge in [-0.25, -0.2) is 4.98 Å². The molecule has 0 aliphatic carbocycles. The van der Waals surface area contributed by atoms with Crippen molar-refractivity contribution in [2.24, 2.45) is 0 Å². The Morgan fingerprint density at radius 1 is 1.30 bits per heavy atom. The van der Waals surface area contributed by atoms with E-state index in [-0.39, 0.29) is 0 Å². The first-order valence-electron chi connectivity index (χ1n) is 7.58. The highest BCUT2D eigenvalue weighted by Gasteiger charge is 2.16. The summed E-state index contributed by atoms with van der Waals surface area (Å²) in [6, 6.07) is 3.34. The van der Waals surface area contributed by atoms with Crippen LogP contribution in [-0.2, 0) is 11.5 Å². The van der Waals surface area contributed by atoms with E-state index in [4.69, 9.17) is 4.74 Å². The molecule has 0 aliphatic heterocycles. The number of nitrogens with zero attached hydrogens (tertiary/aromatic N) is 6. The maximum Gasteiger partial charge on any atom is 0.179 e. The smallest absolute Gasteiger partial charge is 0.179 e. The highest BCUT2D eigenvalue weighted by Crippen LogP contribution is 2.21. The second kappa shape index (κ2) is 5.75. The minimum Gasteiger partial charge on any atom is -0.361 e. The van der Waals surface area contributed by atoms with E-state index in [9.17, 15) is 5.26 Å². The van der Waals surface area contributed by atoms with E-state index in [1.165, 1.54) is 0 Å². The molecule has 8 heteroatoms. The molecule has 0 saturated heterocycles. The van der Waals surface area contributed by atoms with Crippen LogP contribution >= 0.6 is 0 Å². The van der Waals surface area contributed by atoms with Crippen molar-refractivity contribution in [2.75, 3.05) is 6.61 Å². The van der Waals surface area contributed by atoms with Crippen LogP contribution in [0, 0.1) is 18.3 Å². The van der Waals surface area contributed by atoms with Gasteiger partial charge >= 0.3 is 0 Å². The molecule has 7 nitrogen and oxygen atoms in total. The minimum atomic E-state index is -1.11. The Kier molecular flexibility index (Phi) is 3.91. The fraction of sp³-hybridized carbons (Fsp3) is 0.467. The van der Waals surface area contributed by atoms with E-state index in [1.54, 1.807) is 12.4 Å². The number of fused-ring (bicyclic) bond motifs is 3. The van der Waals surface area contributed by atoms with E-state index in [0.29, 0.717) is 23.6 Å². The summed E-state index contributed by atoms with van der Waals surface area (Å²) in [5, 5.41) is 17.6. The number of hydrogen-bond donors (Lipinski definition) is 0. The molecule has 0 unspecified atom stereocenters. The van der Waals surface area contributed by atoms with E-state index in [2.05, 4.69) is 40.9 Å². The summed E-state index contributed by atoms with van der Waals surface area (Å²) in [5.41, 5.74) is 2.64. The van der Waals surface area contributed by atoms with Crippen LogP contribution in [0.5, 0.6) is 0 Å². The molecule has 0 amide bonds. The topological polar surface area (TPSA) is 81.0 Å². The normalized spacial score (nSPS) is 12.1. The van der Waals surface area contributed by atoms with Gasteiger partial charge in [0.05, 0.1) is 11.8 Å². The van der Waals surface area contributed by atoms with Crippen LogP contribution in [0.1, 0.15) is 11.4 Å². The zero-order chi connectivity index (χ0) is 16.6. The van der Waals surface area contributed by atoms with Gasteiger partial charge in [-0.15, -0.1) is 10.2 Å². The fourth-order valence-electron chi connectivity index (χ4n) is 2.47. The van der Waals surface area contributed by atoms with Crippen molar-refractivity contribution >= 4 is 24.9 Å². The Hall–Kier alpha value is -2.24. The van der Waals surface area contributed by atoms with Gasteiger partial charge in [-0.1, -0.05) is 19.6 Å². The Labute approximate surface area is 135 Å². The summed E-state index contributed by atoms with van der Waals surface area (Å²) in [7, 11) is -1.11. The molecular formula is C15H20N6OSi. The molecule has 3 aromatic rings. The lowest BCUT2D eigenvalue weighted by molar-refractivity contribution is 0.0898. The lowest BCUT2D eigenvalue weighted by Gasteiger charge is -2.15. The minimum absolute atomic E-state index is 0.391.